The third-order valence-electron chi connectivity index (χ3n) is 8.29. The van der Waals surface area contributed by atoms with E-state index in [2.05, 4.69) is 10.6 Å². The first kappa shape index (κ1) is 35.7. The number of hydrogen-bond acceptors (Lipinski definition) is 6. The Morgan fingerprint density at radius 1 is 0.978 bits per heavy atom. The van der Waals surface area contributed by atoms with Crippen LogP contribution in [0.2, 0.25) is 0 Å². The summed E-state index contributed by atoms with van der Waals surface area (Å²) in [6.45, 7) is 5.47. The Bertz CT molecular complexity index is 1490. The van der Waals surface area contributed by atoms with Crippen LogP contribution in [0, 0.1) is 5.82 Å². The highest BCUT2D eigenvalue weighted by molar-refractivity contribution is 8.25. The highest BCUT2D eigenvalue weighted by atomic mass is 32.3. The fourth-order valence-electron chi connectivity index (χ4n) is 5.62. The number of alkyl halides is 3. The Morgan fingerprint density at radius 3 is 2.33 bits per heavy atom. The SMILES string of the molecule is CCCc1cc(C(=O)N[C@@H](Cc2ccccc2)[C@H](O)CNC(C)(C)c2cccc(C(F)(F)F)c2)c(F)c(N2CCCCS2(O)O)c1. The number of benzene rings is 3. The lowest BCUT2D eigenvalue weighted by Gasteiger charge is -2.47. The maximum atomic E-state index is 16.1. The molecule has 0 spiro atoms. The number of halogens is 4. The zero-order valence-corrected chi connectivity index (χ0v) is 27.1. The molecule has 0 unspecified atom stereocenters. The summed E-state index contributed by atoms with van der Waals surface area (Å²) in [5.41, 5.74) is -0.251. The van der Waals surface area contributed by atoms with E-state index < -0.39 is 51.9 Å². The predicted molar refractivity (Wildman–Crippen MR) is 175 cm³/mol. The maximum absolute atomic E-state index is 16.1. The topological polar surface area (TPSA) is 105 Å². The number of rotatable bonds is 12. The van der Waals surface area contributed by atoms with Crippen LogP contribution in [0.5, 0.6) is 0 Å². The van der Waals surface area contributed by atoms with Gasteiger partial charge in [0.25, 0.3) is 5.91 Å². The van der Waals surface area contributed by atoms with Crippen LogP contribution in [0.4, 0.5) is 23.2 Å². The first-order chi connectivity index (χ1) is 21.6. The van der Waals surface area contributed by atoms with Crippen molar-refractivity contribution in [2.45, 2.75) is 76.7 Å². The third-order valence-corrected chi connectivity index (χ3v) is 10.2. The minimum Gasteiger partial charge on any atom is -0.390 e. The molecule has 3 aromatic carbocycles. The Morgan fingerprint density at radius 2 is 1.67 bits per heavy atom. The van der Waals surface area contributed by atoms with Gasteiger partial charge in [0, 0.05) is 18.6 Å². The summed E-state index contributed by atoms with van der Waals surface area (Å²) in [5.74, 6) is -1.54. The fourth-order valence-corrected chi connectivity index (χ4v) is 7.30. The molecule has 0 aromatic heterocycles. The highest BCUT2D eigenvalue weighted by Gasteiger charge is 2.34. The van der Waals surface area contributed by atoms with Crippen molar-refractivity contribution >= 4 is 22.4 Å². The first-order valence-electron chi connectivity index (χ1n) is 15.4. The van der Waals surface area contributed by atoms with Gasteiger partial charge in [-0.3, -0.25) is 18.2 Å². The second-order valence-corrected chi connectivity index (χ2v) is 14.4. The van der Waals surface area contributed by atoms with Crippen molar-refractivity contribution in [3.8, 4) is 0 Å². The van der Waals surface area contributed by atoms with Crippen molar-refractivity contribution in [3.63, 3.8) is 0 Å². The average molecular weight is 666 g/mol. The summed E-state index contributed by atoms with van der Waals surface area (Å²) >= 11 is 0. The lowest BCUT2D eigenvalue weighted by atomic mass is 9.92. The van der Waals surface area contributed by atoms with Gasteiger partial charge in [0.05, 0.1) is 34.7 Å². The van der Waals surface area contributed by atoms with Crippen LogP contribution in [0.3, 0.4) is 0 Å². The second-order valence-electron chi connectivity index (χ2n) is 12.3. The maximum Gasteiger partial charge on any atom is 0.416 e. The Hall–Kier alpha value is -3.16. The van der Waals surface area contributed by atoms with Crippen molar-refractivity contribution in [2.75, 3.05) is 23.1 Å². The first-order valence-corrected chi connectivity index (χ1v) is 17.1. The van der Waals surface area contributed by atoms with E-state index in [0.717, 1.165) is 17.7 Å². The third kappa shape index (κ3) is 8.80. The average Bonchev–Trinajstić information content (AvgIpc) is 3.00. The van der Waals surface area contributed by atoms with Crippen LogP contribution >= 0.6 is 10.8 Å². The van der Waals surface area contributed by atoms with Gasteiger partial charge in [-0.1, -0.05) is 55.8 Å². The zero-order chi connectivity index (χ0) is 33.7. The van der Waals surface area contributed by atoms with E-state index in [9.17, 15) is 32.2 Å². The molecule has 1 amide bonds. The number of nitrogens with zero attached hydrogens (tertiary/aromatic N) is 1. The number of aliphatic hydroxyl groups excluding tert-OH is 1. The molecule has 1 heterocycles. The molecule has 1 aliphatic heterocycles. The summed E-state index contributed by atoms with van der Waals surface area (Å²) in [6, 6.07) is 16.2. The van der Waals surface area contributed by atoms with E-state index in [1.807, 2.05) is 37.3 Å². The molecule has 2 atom stereocenters. The summed E-state index contributed by atoms with van der Waals surface area (Å²) < 4.78 is 78.8. The number of carbonyl (C=O) groups excluding carboxylic acids is 1. The van der Waals surface area contributed by atoms with Gasteiger partial charge in [-0.2, -0.15) is 13.2 Å². The Labute approximate surface area is 269 Å². The van der Waals surface area contributed by atoms with Crippen molar-refractivity contribution in [3.05, 3.63) is 100 Å². The molecule has 252 valence electrons. The molecule has 1 saturated heterocycles. The Balaban J connectivity index is 1.60. The van der Waals surface area contributed by atoms with Gasteiger partial charge in [-0.25, -0.2) is 4.39 Å². The molecule has 7 nitrogen and oxygen atoms in total. The van der Waals surface area contributed by atoms with Gasteiger partial charge in [-0.05, 0) is 80.5 Å². The van der Waals surface area contributed by atoms with E-state index >= 15 is 4.39 Å². The molecule has 1 aliphatic rings. The van der Waals surface area contributed by atoms with Crippen LogP contribution < -0.4 is 14.9 Å². The molecule has 0 aliphatic carbocycles. The number of amides is 1. The summed E-state index contributed by atoms with van der Waals surface area (Å²) in [6.07, 6.45) is -3.05. The van der Waals surface area contributed by atoms with Crippen LogP contribution in [0.25, 0.3) is 0 Å². The molecule has 46 heavy (non-hydrogen) atoms. The van der Waals surface area contributed by atoms with Gasteiger partial charge >= 0.3 is 6.18 Å². The lowest BCUT2D eigenvalue weighted by Crippen LogP contribution is -2.51. The molecular weight excluding hydrogens is 622 g/mol. The number of aliphatic hydroxyl groups is 1. The van der Waals surface area contributed by atoms with Gasteiger partial charge in [0.1, 0.15) is 0 Å². The van der Waals surface area contributed by atoms with Crippen molar-refractivity contribution in [1.82, 2.24) is 10.6 Å². The summed E-state index contributed by atoms with van der Waals surface area (Å²) in [7, 11) is -3.25. The molecule has 4 rings (SSSR count). The van der Waals surface area contributed by atoms with Crippen LogP contribution in [0.15, 0.2) is 66.7 Å². The second kappa shape index (κ2) is 14.7. The number of carbonyl (C=O) groups is 1. The highest BCUT2D eigenvalue weighted by Crippen LogP contribution is 2.50. The molecule has 0 radical (unpaired) electrons. The molecule has 0 bridgehead atoms. The van der Waals surface area contributed by atoms with Crippen molar-refractivity contribution in [1.29, 1.82) is 0 Å². The van der Waals surface area contributed by atoms with Crippen LogP contribution in [0.1, 0.15) is 72.6 Å². The quantitative estimate of drug-likeness (QED) is 0.130. The molecule has 1 fully saturated rings. The van der Waals surface area contributed by atoms with Gasteiger partial charge in [0.15, 0.2) is 5.82 Å². The molecule has 3 aromatic rings. The predicted octanol–water partition coefficient (Wildman–Crippen LogP) is 7.29. The van der Waals surface area contributed by atoms with Gasteiger partial charge < -0.3 is 15.7 Å². The van der Waals surface area contributed by atoms with Crippen molar-refractivity contribution in [2.24, 2.45) is 0 Å². The summed E-state index contributed by atoms with van der Waals surface area (Å²) in [4.78, 5) is 13.8. The summed E-state index contributed by atoms with van der Waals surface area (Å²) in [5, 5.41) is 17.3. The Kier molecular flexibility index (Phi) is 11.4. The number of hydrogen-bond donors (Lipinski definition) is 5. The van der Waals surface area contributed by atoms with E-state index in [-0.39, 0.29) is 36.5 Å². The largest absolute Gasteiger partial charge is 0.416 e. The monoisotopic (exact) mass is 665 g/mol. The van der Waals surface area contributed by atoms with Crippen molar-refractivity contribution < 1.29 is 36.6 Å². The van der Waals surface area contributed by atoms with Crippen LogP contribution in [-0.2, 0) is 24.6 Å². The molecular formula is C34H43F4N3O4S. The number of nitrogens with one attached hydrogen (secondary N) is 2. The van der Waals surface area contributed by atoms with E-state index in [4.69, 9.17) is 0 Å². The van der Waals surface area contributed by atoms with E-state index in [1.54, 1.807) is 26.0 Å². The lowest BCUT2D eigenvalue weighted by molar-refractivity contribution is -0.137. The minimum absolute atomic E-state index is 0.0412. The molecule has 12 heteroatoms. The smallest absolute Gasteiger partial charge is 0.390 e. The standard InChI is InChI=1S/C34H43F4N3O4S/c1-4-11-24-18-27(31(35)29(20-24)41-16-8-9-17-46(41,44)45)32(43)40-28(19-23-12-6-5-7-13-23)30(42)22-39-33(2,3)25-14-10-15-26(21-25)34(36,37)38/h5-7,10,12-15,18,20-21,28,30,39,42,44-45H,4,8-9,11,16-17,19,22H2,1-3H3,(H,40,43)/t28-,30+/m0/s1. The fraction of sp³-hybridized carbons (Fsp3) is 0.441. The normalized spacial score (nSPS) is 17.3. The zero-order valence-electron chi connectivity index (χ0n) is 26.3. The molecule has 5 N–H and O–H groups in total. The van der Waals surface area contributed by atoms with E-state index in [0.29, 0.717) is 36.8 Å². The molecule has 0 saturated carbocycles. The van der Waals surface area contributed by atoms with Gasteiger partial charge in [0.2, 0.25) is 0 Å². The number of anilines is 1. The number of aryl methyl sites for hydroxylation is 1. The minimum atomic E-state index is -4.51. The van der Waals surface area contributed by atoms with Crippen LogP contribution in [-0.4, -0.2) is 51.1 Å². The van der Waals surface area contributed by atoms with Gasteiger partial charge in [-0.15, -0.1) is 10.8 Å². The van der Waals surface area contributed by atoms with E-state index in [1.165, 1.54) is 16.4 Å².